The average Bonchev–Trinajstić information content (AvgIpc) is 2.77. The van der Waals surface area contributed by atoms with Gasteiger partial charge in [0.1, 0.15) is 5.76 Å². The van der Waals surface area contributed by atoms with Crippen LogP contribution in [0.1, 0.15) is 29.7 Å². The normalized spacial score (nSPS) is 9.88. The zero-order valence-corrected chi connectivity index (χ0v) is 9.41. The van der Waals surface area contributed by atoms with Gasteiger partial charge < -0.3 is 14.5 Å². The Morgan fingerprint density at radius 1 is 1.44 bits per heavy atom. The van der Waals surface area contributed by atoms with E-state index in [0.29, 0.717) is 0 Å². The quantitative estimate of drug-likeness (QED) is 0.763. The fourth-order valence-electron chi connectivity index (χ4n) is 1.16. The summed E-state index contributed by atoms with van der Waals surface area (Å²) in [4.78, 5) is 22.3. The molecule has 0 spiro atoms. The smallest absolute Gasteiger partial charge is 0.307 e. The molecule has 0 aliphatic heterocycles. The van der Waals surface area contributed by atoms with E-state index in [2.05, 4.69) is 10.1 Å². The standard InChI is InChI=1S/C11H15NO4/c1-3-8-4-5-9(16-8)11(14)12-7-6-10(13)15-2/h4-5H,3,6-7H2,1-2H3,(H,12,14). The van der Waals surface area contributed by atoms with Crippen LogP contribution in [0.2, 0.25) is 0 Å². The van der Waals surface area contributed by atoms with Gasteiger partial charge in [0.2, 0.25) is 0 Å². The van der Waals surface area contributed by atoms with Gasteiger partial charge in [-0.2, -0.15) is 0 Å². The monoisotopic (exact) mass is 225 g/mol. The molecule has 1 aromatic heterocycles. The van der Waals surface area contributed by atoms with Gasteiger partial charge in [0.25, 0.3) is 5.91 Å². The highest BCUT2D eigenvalue weighted by molar-refractivity contribution is 5.91. The lowest BCUT2D eigenvalue weighted by atomic mass is 10.3. The van der Waals surface area contributed by atoms with Gasteiger partial charge in [-0.3, -0.25) is 9.59 Å². The highest BCUT2D eigenvalue weighted by Crippen LogP contribution is 2.07. The first-order valence-electron chi connectivity index (χ1n) is 5.11. The van der Waals surface area contributed by atoms with Crippen LogP contribution in [0.25, 0.3) is 0 Å². The Hall–Kier alpha value is -1.78. The zero-order valence-electron chi connectivity index (χ0n) is 9.41. The molecule has 16 heavy (non-hydrogen) atoms. The molecule has 1 amide bonds. The van der Waals surface area contributed by atoms with Crippen molar-refractivity contribution >= 4 is 11.9 Å². The number of amides is 1. The second-order valence-electron chi connectivity index (χ2n) is 3.20. The van der Waals surface area contributed by atoms with Crippen molar-refractivity contribution < 1.29 is 18.7 Å². The summed E-state index contributed by atoms with van der Waals surface area (Å²) in [6.45, 7) is 2.19. The highest BCUT2D eigenvalue weighted by Gasteiger charge is 2.10. The Morgan fingerprint density at radius 3 is 2.75 bits per heavy atom. The summed E-state index contributed by atoms with van der Waals surface area (Å²) in [5, 5.41) is 2.57. The Kier molecular flexibility index (Phi) is 4.57. The van der Waals surface area contributed by atoms with Crippen molar-refractivity contribution in [2.24, 2.45) is 0 Å². The summed E-state index contributed by atoms with van der Waals surface area (Å²) < 4.78 is 9.70. The van der Waals surface area contributed by atoms with Crippen molar-refractivity contribution in [3.05, 3.63) is 23.7 Å². The number of rotatable bonds is 5. The third-order valence-electron chi connectivity index (χ3n) is 2.08. The van der Waals surface area contributed by atoms with E-state index in [1.165, 1.54) is 7.11 Å². The number of esters is 1. The van der Waals surface area contributed by atoms with Crippen molar-refractivity contribution in [3.63, 3.8) is 0 Å². The Labute approximate surface area is 93.8 Å². The van der Waals surface area contributed by atoms with E-state index < -0.39 is 0 Å². The molecule has 0 radical (unpaired) electrons. The number of ether oxygens (including phenoxy) is 1. The van der Waals surface area contributed by atoms with Crippen molar-refractivity contribution in [2.75, 3.05) is 13.7 Å². The van der Waals surface area contributed by atoms with E-state index in [4.69, 9.17) is 4.42 Å². The third kappa shape index (κ3) is 3.42. The van der Waals surface area contributed by atoms with E-state index in [9.17, 15) is 9.59 Å². The first-order chi connectivity index (χ1) is 7.67. The number of carbonyl (C=O) groups excluding carboxylic acids is 2. The van der Waals surface area contributed by atoms with Crippen molar-refractivity contribution in [3.8, 4) is 0 Å². The maximum Gasteiger partial charge on any atom is 0.307 e. The van der Waals surface area contributed by atoms with Gasteiger partial charge in [0, 0.05) is 13.0 Å². The van der Waals surface area contributed by atoms with Gasteiger partial charge in [0.15, 0.2) is 5.76 Å². The Morgan fingerprint density at radius 2 is 2.19 bits per heavy atom. The maximum absolute atomic E-state index is 11.5. The molecule has 5 heteroatoms. The van der Waals surface area contributed by atoms with Crippen LogP contribution in [-0.4, -0.2) is 25.5 Å². The molecule has 0 unspecified atom stereocenters. The summed E-state index contributed by atoms with van der Waals surface area (Å²) in [5.74, 6) is 0.359. The predicted octanol–water partition coefficient (Wildman–Crippen LogP) is 1.13. The molecule has 0 aliphatic rings. The van der Waals surface area contributed by atoms with Gasteiger partial charge >= 0.3 is 5.97 Å². The topological polar surface area (TPSA) is 68.5 Å². The molecule has 88 valence electrons. The largest absolute Gasteiger partial charge is 0.469 e. The van der Waals surface area contributed by atoms with Crippen molar-refractivity contribution in [2.45, 2.75) is 19.8 Å². The molecule has 5 nitrogen and oxygen atoms in total. The first-order valence-corrected chi connectivity index (χ1v) is 5.11. The molecule has 0 aromatic carbocycles. The summed E-state index contributed by atoms with van der Waals surface area (Å²) in [6, 6.07) is 3.38. The number of aryl methyl sites for hydroxylation is 1. The van der Waals surface area contributed by atoms with Gasteiger partial charge in [-0.25, -0.2) is 0 Å². The summed E-state index contributed by atoms with van der Waals surface area (Å²) >= 11 is 0. The second-order valence-corrected chi connectivity index (χ2v) is 3.20. The fourth-order valence-corrected chi connectivity index (χ4v) is 1.16. The summed E-state index contributed by atoms with van der Waals surface area (Å²) in [5.41, 5.74) is 0. The molecule has 0 atom stereocenters. The summed E-state index contributed by atoms with van der Waals surface area (Å²) in [6.07, 6.45) is 0.902. The van der Waals surface area contributed by atoms with Crippen LogP contribution < -0.4 is 5.32 Å². The molecule has 1 rings (SSSR count). The minimum Gasteiger partial charge on any atom is -0.469 e. The Bertz CT molecular complexity index is 370. The molecule has 0 aliphatic carbocycles. The van der Waals surface area contributed by atoms with Crippen LogP contribution in [0.15, 0.2) is 16.5 Å². The lowest BCUT2D eigenvalue weighted by Gasteiger charge is -2.01. The van der Waals surface area contributed by atoms with Crippen LogP contribution in [0, 0.1) is 0 Å². The molecular weight excluding hydrogens is 210 g/mol. The van der Waals surface area contributed by atoms with Crippen molar-refractivity contribution in [1.29, 1.82) is 0 Å². The summed E-state index contributed by atoms with van der Waals surface area (Å²) in [7, 11) is 1.31. The maximum atomic E-state index is 11.5. The van der Waals surface area contributed by atoms with Crippen LogP contribution >= 0.6 is 0 Å². The first kappa shape index (κ1) is 12.3. The van der Waals surface area contributed by atoms with E-state index in [1.807, 2.05) is 6.92 Å². The number of carbonyl (C=O) groups is 2. The minimum atomic E-state index is -0.353. The van der Waals surface area contributed by atoms with Crippen molar-refractivity contribution in [1.82, 2.24) is 5.32 Å². The predicted molar refractivity (Wildman–Crippen MR) is 57.1 cm³/mol. The molecule has 1 aromatic rings. The molecule has 0 saturated carbocycles. The van der Waals surface area contributed by atoms with Crippen LogP contribution in [0.5, 0.6) is 0 Å². The molecule has 0 fully saturated rings. The van der Waals surface area contributed by atoms with Gasteiger partial charge in [-0.15, -0.1) is 0 Å². The van der Waals surface area contributed by atoms with Crippen LogP contribution in [0.3, 0.4) is 0 Å². The lowest BCUT2D eigenvalue weighted by molar-refractivity contribution is -0.140. The SMILES string of the molecule is CCc1ccc(C(=O)NCCC(=O)OC)o1. The number of furan rings is 1. The van der Waals surface area contributed by atoms with Crippen LogP contribution in [0.4, 0.5) is 0 Å². The fraction of sp³-hybridized carbons (Fsp3) is 0.455. The van der Waals surface area contributed by atoms with Gasteiger partial charge in [0.05, 0.1) is 13.5 Å². The van der Waals surface area contributed by atoms with E-state index in [0.717, 1.165) is 12.2 Å². The second kappa shape index (κ2) is 5.95. The average molecular weight is 225 g/mol. The molecular formula is C11H15NO4. The number of hydrogen-bond acceptors (Lipinski definition) is 4. The Balaban J connectivity index is 2.38. The third-order valence-corrected chi connectivity index (χ3v) is 2.08. The van der Waals surface area contributed by atoms with E-state index in [-0.39, 0.29) is 30.6 Å². The highest BCUT2D eigenvalue weighted by atomic mass is 16.5. The number of methoxy groups -OCH3 is 1. The molecule has 0 bridgehead atoms. The lowest BCUT2D eigenvalue weighted by Crippen LogP contribution is -2.25. The zero-order chi connectivity index (χ0) is 12.0. The minimum absolute atomic E-state index is 0.156. The van der Waals surface area contributed by atoms with E-state index in [1.54, 1.807) is 12.1 Å². The van der Waals surface area contributed by atoms with E-state index >= 15 is 0 Å². The van der Waals surface area contributed by atoms with Gasteiger partial charge in [-0.1, -0.05) is 6.92 Å². The molecule has 0 saturated heterocycles. The molecule has 1 heterocycles. The number of nitrogens with one attached hydrogen (secondary N) is 1. The van der Waals surface area contributed by atoms with Gasteiger partial charge in [-0.05, 0) is 12.1 Å². The number of hydrogen-bond donors (Lipinski definition) is 1. The molecule has 1 N–H and O–H groups in total. The van der Waals surface area contributed by atoms with Crippen LogP contribution in [-0.2, 0) is 16.0 Å².